The number of hydrogen-bond acceptors (Lipinski definition) is 3. The van der Waals surface area contributed by atoms with Gasteiger partial charge in [0.05, 0.1) is 4.90 Å². The standard InChI is InChI=1S/C23H33N3O3S/c27-23(24-20-8-4-3-5-9-20)13-17-25-16-12-19-18-21(10-11-22(19)25)30(28,29)26-14-6-1-2-7-15-26/h10-12,16,18,20H,1-9,13-15,17H2,(H,24,27). The molecule has 1 aromatic heterocycles. The largest absolute Gasteiger partial charge is 0.353 e. The zero-order valence-electron chi connectivity index (χ0n) is 17.7. The van der Waals surface area contributed by atoms with Gasteiger partial charge in [-0.3, -0.25) is 4.79 Å². The van der Waals surface area contributed by atoms with E-state index < -0.39 is 10.0 Å². The van der Waals surface area contributed by atoms with Gasteiger partial charge < -0.3 is 9.88 Å². The Hall–Kier alpha value is -1.86. The fraction of sp³-hybridized carbons (Fsp3) is 0.609. The van der Waals surface area contributed by atoms with E-state index in [1.165, 1.54) is 19.3 Å². The van der Waals surface area contributed by atoms with Crippen LogP contribution < -0.4 is 5.32 Å². The van der Waals surface area contributed by atoms with Crippen molar-refractivity contribution in [2.24, 2.45) is 0 Å². The van der Waals surface area contributed by atoms with Crippen molar-refractivity contribution in [3.8, 4) is 0 Å². The highest BCUT2D eigenvalue weighted by Crippen LogP contribution is 2.25. The van der Waals surface area contributed by atoms with E-state index in [1.807, 2.05) is 22.9 Å². The molecule has 1 aromatic carbocycles. The third-order valence-electron chi connectivity index (χ3n) is 6.50. The summed E-state index contributed by atoms with van der Waals surface area (Å²) >= 11 is 0. The second-order valence-electron chi connectivity index (χ2n) is 8.70. The van der Waals surface area contributed by atoms with Crippen LogP contribution in [-0.2, 0) is 21.4 Å². The Balaban J connectivity index is 1.42. The molecule has 2 aliphatic rings. The number of sulfonamides is 1. The quantitative estimate of drug-likeness (QED) is 0.750. The second-order valence-corrected chi connectivity index (χ2v) is 10.6. The third kappa shape index (κ3) is 4.89. The minimum atomic E-state index is -3.45. The van der Waals surface area contributed by atoms with Gasteiger partial charge in [-0.15, -0.1) is 0 Å². The first-order valence-electron chi connectivity index (χ1n) is 11.4. The lowest BCUT2D eigenvalue weighted by Crippen LogP contribution is -2.36. The molecule has 1 N–H and O–H groups in total. The SMILES string of the molecule is O=C(CCn1ccc2cc(S(=O)(=O)N3CCCCCC3)ccc21)NC1CCCCC1. The van der Waals surface area contributed by atoms with Crippen molar-refractivity contribution in [3.05, 3.63) is 30.5 Å². The second kappa shape index (κ2) is 9.52. The van der Waals surface area contributed by atoms with Crippen LogP contribution >= 0.6 is 0 Å². The molecule has 0 bridgehead atoms. The first kappa shape index (κ1) is 21.4. The van der Waals surface area contributed by atoms with Crippen molar-refractivity contribution >= 4 is 26.8 Å². The van der Waals surface area contributed by atoms with Crippen LogP contribution in [0.25, 0.3) is 10.9 Å². The molecular formula is C23H33N3O3S. The number of nitrogens with one attached hydrogen (secondary N) is 1. The summed E-state index contributed by atoms with van der Waals surface area (Å²) in [7, 11) is -3.45. The molecule has 0 unspecified atom stereocenters. The molecule has 6 nitrogen and oxygen atoms in total. The molecule has 2 aromatic rings. The van der Waals surface area contributed by atoms with Crippen molar-refractivity contribution in [3.63, 3.8) is 0 Å². The summed E-state index contributed by atoms with van der Waals surface area (Å²) in [6.07, 6.45) is 12.3. The molecule has 1 saturated heterocycles. The molecule has 1 aliphatic carbocycles. The highest BCUT2D eigenvalue weighted by molar-refractivity contribution is 7.89. The molecule has 0 spiro atoms. The van der Waals surface area contributed by atoms with Gasteiger partial charge in [-0.2, -0.15) is 4.31 Å². The molecule has 0 radical (unpaired) electrons. The third-order valence-corrected chi connectivity index (χ3v) is 8.39. The minimum absolute atomic E-state index is 0.101. The summed E-state index contributed by atoms with van der Waals surface area (Å²) < 4.78 is 29.8. The Kier molecular flexibility index (Phi) is 6.78. The predicted octanol–water partition coefficient (Wildman–Crippen LogP) is 4.05. The first-order valence-corrected chi connectivity index (χ1v) is 12.9. The maximum absolute atomic E-state index is 13.1. The van der Waals surface area contributed by atoms with E-state index in [9.17, 15) is 13.2 Å². The summed E-state index contributed by atoms with van der Waals surface area (Å²) in [4.78, 5) is 12.7. The van der Waals surface area contributed by atoms with E-state index in [1.54, 1.807) is 16.4 Å². The lowest BCUT2D eigenvalue weighted by Gasteiger charge is -2.22. The number of aromatic nitrogens is 1. The van der Waals surface area contributed by atoms with Gasteiger partial charge in [-0.1, -0.05) is 32.1 Å². The first-order chi connectivity index (χ1) is 14.5. The fourth-order valence-corrected chi connectivity index (χ4v) is 6.29. The summed E-state index contributed by atoms with van der Waals surface area (Å²) in [5.41, 5.74) is 0.968. The predicted molar refractivity (Wildman–Crippen MR) is 119 cm³/mol. The van der Waals surface area contributed by atoms with Crippen LogP contribution in [0.15, 0.2) is 35.4 Å². The molecule has 30 heavy (non-hydrogen) atoms. The van der Waals surface area contributed by atoms with Gasteiger partial charge in [0.15, 0.2) is 0 Å². The van der Waals surface area contributed by atoms with Crippen molar-refractivity contribution in [2.75, 3.05) is 13.1 Å². The zero-order chi connectivity index (χ0) is 21.0. The normalized spacial score (nSPS) is 19.6. The van der Waals surface area contributed by atoms with Crippen LogP contribution in [-0.4, -0.2) is 42.3 Å². The highest BCUT2D eigenvalue weighted by atomic mass is 32.2. The molecule has 1 aliphatic heterocycles. The monoisotopic (exact) mass is 431 g/mol. The number of aryl methyl sites for hydroxylation is 1. The lowest BCUT2D eigenvalue weighted by molar-refractivity contribution is -0.122. The smallest absolute Gasteiger partial charge is 0.243 e. The number of carbonyl (C=O) groups is 1. The number of benzene rings is 1. The Labute approximate surface area is 179 Å². The molecule has 4 rings (SSSR count). The van der Waals surface area contributed by atoms with E-state index in [-0.39, 0.29) is 5.91 Å². The lowest BCUT2D eigenvalue weighted by atomic mass is 9.95. The van der Waals surface area contributed by atoms with E-state index in [0.29, 0.717) is 37.0 Å². The van der Waals surface area contributed by atoms with Gasteiger partial charge in [-0.25, -0.2) is 8.42 Å². The van der Waals surface area contributed by atoms with Crippen molar-refractivity contribution < 1.29 is 13.2 Å². The van der Waals surface area contributed by atoms with Crippen molar-refractivity contribution in [2.45, 2.75) is 81.7 Å². The fourth-order valence-electron chi connectivity index (χ4n) is 4.73. The van der Waals surface area contributed by atoms with Crippen LogP contribution in [0.2, 0.25) is 0 Å². The van der Waals surface area contributed by atoms with Crippen LogP contribution in [0, 0.1) is 0 Å². The maximum atomic E-state index is 13.1. The van der Waals surface area contributed by atoms with Crippen molar-refractivity contribution in [1.82, 2.24) is 14.2 Å². The number of carbonyl (C=O) groups excluding carboxylic acids is 1. The topological polar surface area (TPSA) is 71.4 Å². The average molecular weight is 432 g/mol. The number of fused-ring (bicyclic) bond motifs is 1. The Morgan fingerprint density at radius 1 is 0.967 bits per heavy atom. The molecular weight excluding hydrogens is 398 g/mol. The van der Waals surface area contributed by atoms with E-state index in [4.69, 9.17) is 0 Å². The van der Waals surface area contributed by atoms with E-state index >= 15 is 0 Å². The maximum Gasteiger partial charge on any atom is 0.243 e. The highest BCUT2D eigenvalue weighted by Gasteiger charge is 2.25. The van der Waals surface area contributed by atoms with Crippen molar-refractivity contribution in [1.29, 1.82) is 0 Å². The molecule has 164 valence electrons. The van der Waals surface area contributed by atoms with Gasteiger partial charge in [0, 0.05) is 49.2 Å². The Bertz CT molecular complexity index is 969. The zero-order valence-corrected chi connectivity index (χ0v) is 18.5. The molecule has 2 fully saturated rings. The summed E-state index contributed by atoms with van der Waals surface area (Å²) in [6.45, 7) is 1.81. The van der Waals surface area contributed by atoms with Gasteiger partial charge >= 0.3 is 0 Å². The van der Waals surface area contributed by atoms with E-state index in [2.05, 4.69) is 5.32 Å². The summed E-state index contributed by atoms with van der Waals surface area (Å²) in [5.74, 6) is 0.101. The number of amides is 1. The van der Waals surface area contributed by atoms with Gasteiger partial charge in [-0.05, 0) is 49.9 Å². The van der Waals surface area contributed by atoms with Crippen LogP contribution in [0.5, 0.6) is 0 Å². The van der Waals surface area contributed by atoms with Gasteiger partial charge in [0.1, 0.15) is 0 Å². The Morgan fingerprint density at radius 2 is 1.67 bits per heavy atom. The van der Waals surface area contributed by atoms with Crippen LogP contribution in [0.1, 0.15) is 64.2 Å². The minimum Gasteiger partial charge on any atom is -0.353 e. The van der Waals surface area contributed by atoms with Crippen LogP contribution in [0.3, 0.4) is 0 Å². The Morgan fingerprint density at radius 3 is 2.40 bits per heavy atom. The average Bonchev–Trinajstić information content (AvgIpc) is 2.95. The number of hydrogen-bond donors (Lipinski definition) is 1. The van der Waals surface area contributed by atoms with Crippen LogP contribution in [0.4, 0.5) is 0 Å². The number of rotatable bonds is 6. The molecule has 7 heteroatoms. The molecule has 2 heterocycles. The molecule has 1 saturated carbocycles. The van der Waals surface area contributed by atoms with Gasteiger partial charge in [0.25, 0.3) is 0 Å². The summed E-state index contributed by atoms with van der Waals surface area (Å²) in [6, 6.07) is 7.63. The van der Waals surface area contributed by atoms with E-state index in [0.717, 1.165) is 49.4 Å². The summed E-state index contributed by atoms with van der Waals surface area (Å²) in [5, 5.41) is 4.06. The molecule has 0 atom stereocenters. The van der Waals surface area contributed by atoms with Gasteiger partial charge in [0.2, 0.25) is 15.9 Å². The molecule has 1 amide bonds. The number of nitrogens with zero attached hydrogens (tertiary/aromatic N) is 2.